The maximum Gasteiger partial charge on any atom is 0.336 e. The van der Waals surface area contributed by atoms with E-state index in [2.05, 4.69) is 0 Å². The standard InChI is InChI=1S/C16H16O4/c1-10-5-4-6-12(16(17)18)15(10)11-7-8-13(19-2)14(9-11)20-3/h4-9H,1-3H3,(H,17,18). The highest BCUT2D eigenvalue weighted by molar-refractivity contribution is 5.97. The van der Waals surface area contributed by atoms with Crippen LogP contribution in [0.5, 0.6) is 11.5 Å². The molecule has 0 amide bonds. The first kappa shape index (κ1) is 13.9. The van der Waals surface area contributed by atoms with Crippen LogP contribution in [0.3, 0.4) is 0 Å². The fourth-order valence-electron chi connectivity index (χ4n) is 2.22. The smallest absolute Gasteiger partial charge is 0.336 e. The number of ether oxygens (including phenoxy) is 2. The van der Waals surface area contributed by atoms with Crippen molar-refractivity contribution in [1.29, 1.82) is 0 Å². The Hall–Kier alpha value is -2.49. The van der Waals surface area contributed by atoms with E-state index in [-0.39, 0.29) is 5.56 Å². The van der Waals surface area contributed by atoms with E-state index >= 15 is 0 Å². The second kappa shape index (κ2) is 5.65. The molecule has 2 rings (SSSR count). The second-order valence-corrected chi connectivity index (χ2v) is 4.37. The van der Waals surface area contributed by atoms with Gasteiger partial charge < -0.3 is 14.6 Å². The summed E-state index contributed by atoms with van der Waals surface area (Å²) in [5, 5.41) is 9.32. The van der Waals surface area contributed by atoms with Gasteiger partial charge in [-0.1, -0.05) is 18.2 Å². The Balaban J connectivity index is 2.65. The van der Waals surface area contributed by atoms with Gasteiger partial charge in [-0.2, -0.15) is 0 Å². The number of carbonyl (C=O) groups is 1. The second-order valence-electron chi connectivity index (χ2n) is 4.37. The molecule has 0 aliphatic heterocycles. The van der Waals surface area contributed by atoms with Crippen LogP contribution >= 0.6 is 0 Å². The van der Waals surface area contributed by atoms with E-state index in [4.69, 9.17) is 9.47 Å². The quantitative estimate of drug-likeness (QED) is 0.927. The predicted molar refractivity (Wildman–Crippen MR) is 76.7 cm³/mol. The Labute approximate surface area is 117 Å². The van der Waals surface area contributed by atoms with Gasteiger partial charge in [0.25, 0.3) is 0 Å². The molecule has 2 aromatic carbocycles. The van der Waals surface area contributed by atoms with E-state index in [0.29, 0.717) is 17.1 Å². The lowest BCUT2D eigenvalue weighted by Crippen LogP contribution is -2.01. The van der Waals surface area contributed by atoms with Crippen molar-refractivity contribution in [3.05, 3.63) is 47.5 Å². The number of aryl methyl sites for hydroxylation is 1. The van der Waals surface area contributed by atoms with E-state index in [0.717, 1.165) is 11.1 Å². The van der Waals surface area contributed by atoms with E-state index in [9.17, 15) is 9.90 Å². The molecule has 0 heterocycles. The van der Waals surface area contributed by atoms with Gasteiger partial charge in [0.05, 0.1) is 19.8 Å². The fourth-order valence-corrected chi connectivity index (χ4v) is 2.22. The van der Waals surface area contributed by atoms with Crippen molar-refractivity contribution < 1.29 is 19.4 Å². The summed E-state index contributed by atoms with van der Waals surface area (Å²) in [6, 6.07) is 10.6. The van der Waals surface area contributed by atoms with Crippen LogP contribution < -0.4 is 9.47 Å². The van der Waals surface area contributed by atoms with E-state index in [1.165, 1.54) is 0 Å². The molecule has 20 heavy (non-hydrogen) atoms. The van der Waals surface area contributed by atoms with Gasteiger partial charge >= 0.3 is 5.97 Å². The van der Waals surface area contributed by atoms with Crippen LogP contribution in [0.1, 0.15) is 15.9 Å². The maximum atomic E-state index is 11.4. The summed E-state index contributed by atoms with van der Waals surface area (Å²) >= 11 is 0. The third-order valence-corrected chi connectivity index (χ3v) is 3.18. The normalized spacial score (nSPS) is 10.2. The highest BCUT2D eigenvalue weighted by Crippen LogP contribution is 2.35. The lowest BCUT2D eigenvalue weighted by molar-refractivity contribution is 0.0697. The third kappa shape index (κ3) is 2.45. The fraction of sp³-hybridized carbons (Fsp3) is 0.188. The van der Waals surface area contributed by atoms with E-state index < -0.39 is 5.97 Å². The number of hydrogen-bond acceptors (Lipinski definition) is 3. The summed E-state index contributed by atoms with van der Waals surface area (Å²) in [7, 11) is 3.12. The van der Waals surface area contributed by atoms with Gasteiger partial charge in [0.15, 0.2) is 11.5 Å². The number of carboxylic acid groups (broad SMARTS) is 1. The van der Waals surface area contributed by atoms with Gasteiger partial charge in [-0.25, -0.2) is 4.79 Å². The topological polar surface area (TPSA) is 55.8 Å². The number of benzene rings is 2. The van der Waals surface area contributed by atoms with Crippen LogP contribution in [0, 0.1) is 6.92 Å². The lowest BCUT2D eigenvalue weighted by atomic mass is 9.95. The number of methoxy groups -OCH3 is 2. The molecule has 0 saturated carbocycles. The molecule has 0 spiro atoms. The maximum absolute atomic E-state index is 11.4. The van der Waals surface area contributed by atoms with Crippen LogP contribution in [0.25, 0.3) is 11.1 Å². The van der Waals surface area contributed by atoms with Crippen molar-refractivity contribution in [3.63, 3.8) is 0 Å². The van der Waals surface area contributed by atoms with E-state index in [1.807, 2.05) is 19.1 Å². The highest BCUT2D eigenvalue weighted by atomic mass is 16.5. The van der Waals surface area contributed by atoms with Crippen molar-refractivity contribution in [2.24, 2.45) is 0 Å². The SMILES string of the molecule is COc1ccc(-c2c(C)cccc2C(=O)O)cc1OC. The molecule has 104 valence electrons. The molecule has 0 radical (unpaired) electrons. The largest absolute Gasteiger partial charge is 0.493 e. The summed E-state index contributed by atoms with van der Waals surface area (Å²) in [5.74, 6) is 0.241. The average molecular weight is 272 g/mol. The van der Waals surface area contributed by atoms with Crippen LogP contribution in [0.4, 0.5) is 0 Å². The van der Waals surface area contributed by atoms with Crippen LogP contribution in [-0.4, -0.2) is 25.3 Å². The Morgan fingerprint density at radius 1 is 1.05 bits per heavy atom. The number of carboxylic acids is 1. The minimum Gasteiger partial charge on any atom is -0.493 e. The van der Waals surface area contributed by atoms with Crippen molar-refractivity contribution in [2.45, 2.75) is 6.92 Å². The molecule has 4 nitrogen and oxygen atoms in total. The Kier molecular flexibility index (Phi) is 3.94. The molecule has 0 saturated heterocycles. The molecular formula is C16H16O4. The van der Waals surface area contributed by atoms with Gasteiger partial charge in [0, 0.05) is 0 Å². The monoisotopic (exact) mass is 272 g/mol. The van der Waals surface area contributed by atoms with Crippen molar-refractivity contribution in [3.8, 4) is 22.6 Å². The average Bonchev–Trinajstić information content (AvgIpc) is 2.46. The molecule has 0 aliphatic rings. The zero-order chi connectivity index (χ0) is 14.7. The van der Waals surface area contributed by atoms with Gasteiger partial charge in [0.1, 0.15) is 0 Å². The zero-order valence-corrected chi connectivity index (χ0v) is 11.6. The summed E-state index contributed by atoms with van der Waals surface area (Å²) in [4.78, 5) is 11.4. The molecule has 0 unspecified atom stereocenters. The van der Waals surface area contributed by atoms with Gasteiger partial charge in [-0.3, -0.25) is 0 Å². The molecule has 4 heteroatoms. The minimum absolute atomic E-state index is 0.275. The van der Waals surface area contributed by atoms with Crippen molar-refractivity contribution in [2.75, 3.05) is 14.2 Å². The first-order valence-corrected chi connectivity index (χ1v) is 6.13. The molecule has 0 aliphatic carbocycles. The number of rotatable bonds is 4. The van der Waals surface area contributed by atoms with Gasteiger partial charge in [0.2, 0.25) is 0 Å². The predicted octanol–water partition coefficient (Wildman–Crippen LogP) is 3.38. The molecule has 0 bridgehead atoms. The summed E-state index contributed by atoms with van der Waals surface area (Å²) < 4.78 is 10.5. The molecular weight excluding hydrogens is 256 g/mol. The van der Waals surface area contributed by atoms with Crippen molar-refractivity contribution in [1.82, 2.24) is 0 Å². The Morgan fingerprint density at radius 3 is 2.35 bits per heavy atom. The van der Waals surface area contributed by atoms with Crippen molar-refractivity contribution >= 4 is 5.97 Å². The first-order valence-electron chi connectivity index (χ1n) is 6.13. The summed E-state index contributed by atoms with van der Waals surface area (Å²) in [6.45, 7) is 1.89. The zero-order valence-electron chi connectivity index (χ0n) is 11.6. The number of aromatic carboxylic acids is 1. The van der Waals surface area contributed by atoms with Crippen LogP contribution in [0.15, 0.2) is 36.4 Å². The van der Waals surface area contributed by atoms with Crippen LogP contribution in [-0.2, 0) is 0 Å². The molecule has 0 atom stereocenters. The molecule has 2 aromatic rings. The lowest BCUT2D eigenvalue weighted by Gasteiger charge is -2.13. The first-order chi connectivity index (χ1) is 9.58. The summed E-state index contributed by atoms with van der Waals surface area (Å²) in [5.41, 5.74) is 2.66. The highest BCUT2D eigenvalue weighted by Gasteiger charge is 2.15. The molecule has 0 aromatic heterocycles. The Morgan fingerprint density at radius 2 is 1.75 bits per heavy atom. The van der Waals surface area contributed by atoms with Gasteiger partial charge in [-0.05, 0) is 41.8 Å². The van der Waals surface area contributed by atoms with Gasteiger partial charge in [-0.15, -0.1) is 0 Å². The molecule has 1 N–H and O–H groups in total. The minimum atomic E-state index is -0.946. The summed E-state index contributed by atoms with van der Waals surface area (Å²) in [6.07, 6.45) is 0. The molecule has 0 fully saturated rings. The third-order valence-electron chi connectivity index (χ3n) is 3.18. The van der Waals surface area contributed by atoms with E-state index in [1.54, 1.807) is 38.5 Å². The Bertz CT molecular complexity index is 647. The van der Waals surface area contributed by atoms with Crippen LogP contribution in [0.2, 0.25) is 0 Å². The number of hydrogen-bond donors (Lipinski definition) is 1.